The number of fused-ring (bicyclic) bond motifs is 3. The van der Waals surface area contributed by atoms with Gasteiger partial charge in [0, 0.05) is 30.2 Å². The van der Waals surface area contributed by atoms with E-state index in [1.54, 1.807) is 6.20 Å². The van der Waals surface area contributed by atoms with Crippen molar-refractivity contribution in [3.8, 4) is 11.3 Å². The number of hydrogen-bond acceptors (Lipinski definition) is 4. The Morgan fingerprint density at radius 3 is 2.84 bits per heavy atom. The molecule has 2 heterocycles. The number of likely N-dealkylation sites (N-methyl/N-ethyl adjacent to an activating group) is 1. The van der Waals surface area contributed by atoms with E-state index in [0.717, 1.165) is 62.4 Å². The third-order valence-electron chi connectivity index (χ3n) is 4.94. The molecule has 1 aliphatic carbocycles. The van der Waals surface area contributed by atoms with Gasteiger partial charge in [-0.25, -0.2) is 4.79 Å². The van der Waals surface area contributed by atoms with Gasteiger partial charge in [0.2, 0.25) is 0 Å². The molecule has 0 atom stereocenters. The minimum atomic E-state index is -0.273. The lowest BCUT2D eigenvalue weighted by atomic mass is 10.1. The van der Waals surface area contributed by atoms with Crippen LogP contribution in [0.15, 0.2) is 12.4 Å². The largest absolute Gasteiger partial charge is 0.462 e. The first-order valence-electron chi connectivity index (χ1n) is 9.34. The number of rotatable bonds is 7. The molecule has 6 nitrogen and oxygen atoms in total. The van der Waals surface area contributed by atoms with Crippen LogP contribution in [0.4, 0.5) is 0 Å². The summed E-state index contributed by atoms with van der Waals surface area (Å²) in [5.74, 6) is -0.273. The number of hydrogen-bond donors (Lipinski definition) is 1. The van der Waals surface area contributed by atoms with Crippen molar-refractivity contribution >= 4 is 5.97 Å². The Morgan fingerprint density at radius 1 is 1.32 bits per heavy atom. The summed E-state index contributed by atoms with van der Waals surface area (Å²) >= 11 is 0. The number of esters is 1. The summed E-state index contributed by atoms with van der Waals surface area (Å²) in [4.78, 5) is 18.0. The second-order valence-electron chi connectivity index (χ2n) is 6.42. The molecular weight excluding hydrogens is 316 g/mol. The summed E-state index contributed by atoms with van der Waals surface area (Å²) in [6.45, 7) is 10.5. The Labute approximate surface area is 149 Å². The average molecular weight is 344 g/mol. The van der Waals surface area contributed by atoms with Crippen molar-refractivity contribution in [2.75, 3.05) is 26.2 Å². The molecule has 0 aromatic carbocycles. The van der Waals surface area contributed by atoms with Crippen LogP contribution in [-0.4, -0.2) is 51.9 Å². The normalized spacial score (nSPS) is 13.4. The number of aryl methyl sites for hydroxylation is 2. The monoisotopic (exact) mass is 344 g/mol. The van der Waals surface area contributed by atoms with E-state index in [4.69, 9.17) is 9.84 Å². The van der Waals surface area contributed by atoms with E-state index in [0.29, 0.717) is 12.2 Å². The lowest BCUT2D eigenvalue weighted by Crippen LogP contribution is -2.27. The fraction of sp³-hybridized carbons (Fsp3) is 0.579. The number of aromatic nitrogens is 3. The highest BCUT2D eigenvalue weighted by molar-refractivity contribution is 5.98. The summed E-state index contributed by atoms with van der Waals surface area (Å²) < 4.78 is 7.25. The van der Waals surface area contributed by atoms with Gasteiger partial charge in [-0.15, -0.1) is 0 Å². The maximum Gasteiger partial charge on any atom is 0.340 e. The molecule has 0 radical (unpaired) electrons. The highest BCUT2D eigenvalue weighted by Crippen LogP contribution is 2.34. The van der Waals surface area contributed by atoms with Gasteiger partial charge in [0.05, 0.1) is 24.4 Å². The van der Waals surface area contributed by atoms with E-state index in [1.165, 1.54) is 5.56 Å². The maximum absolute atomic E-state index is 12.3. The molecule has 6 heteroatoms. The molecule has 1 aliphatic rings. The van der Waals surface area contributed by atoms with E-state index < -0.39 is 0 Å². The lowest BCUT2D eigenvalue weighted by molar-refractivity contribution is 0.0527. The molecule has 0 saturated heterocycles. The van der Waals surface area contributed by atoms with Gasteiger partial charge in [-0.05, 0) is 44.8 Å². The Balaban J connectivity index is 1.90. The van der Waals surface area contributed by atoms with E-state index in [9.17, 15) is 4.79 Å². The van der Waals surface area contributed by atoms with E-state index in [2.05, 4.69) is 29.9 Å². The van der Waals surface area contributed by atoms with Gasteiger partial charge >= 0.3 is 5.97 Å². The van der Waals surface area contributed by atoms with Crippen molar-refractivity contribution in [3.63, 3.8) is 0 Å². The Bertz CT molecular complexity index is 728. The van der Waals surface area contributed by atoms with Crippen LogP contribution in [-0.2, 0) is 24.1 Å². The molecular formula is C19H28N4O2. The number of H-pyrrole nitrogens is 1. The second kappa shape index (κ2) is 7.87. The number of nitrogens with one attached hydrogen (secondary N) is 1. The van der Waals surface area contributed by atoms with Crippen molar-refractivity contribution in [2.45, 2.75) is 46.6 Å². The van der Waals surface area contributed by atoms with E-state index >= 15 is 0 Å². The van der Waals surface area contributed by atoms with Crippen molar-refractivity contribution < 1.29 is 9.53 Å². The Morgan fingerprint density at radius 2 is 2.12 bits per heavy atom. The minimum absolute atomic E-state index is 0.273. The van der Waals surface area contributed by atoms with Crippen LogP contribution in [0.2, 0.25) is 0 Å². The van der Waals surface area contributed by atoms with Crippen molar-refractivity contribution in [2.24, 2.45) is 0 Å². The zero-order valence-corrected chi connectivity index (χ0v) is 15.5. The number of aromatic amines is 1. The molecule has 136 valence electrons. The number of carbonyl (C=O) groups is 1. The summed E-state index contributed by atoms with van der Waals surface area (Å²) in [6, 6.07) is 0. The smallest absolute Gasteiger partial charge is 0.340 e. The maximum atomic E-state index is 12.3. The van der Waals surface area contributed by atoms with Crippen LogP contribution in [0.1, 0.15) is 48.8 Å². The molecule has 0 unspecified atom stereocenters. The summed E-state index contributed by atoms with van der Waals surface area (Å²) in [6.07, 6.45) is 6.91. The van der Waals surface area contributed by atoms with Gasteiger partial charge in [-0.2, -0.15) is 5.10 Å². The fourth-order valence-corrected chi connectivity index (χ4v) is 3.51. The van der Waals surface area contributed by atoms with Crippen LogP contribution in [0.25, 0.3) is 11.3 Å². The highest BCUT2D eigenvalue weighted by Gasteiger charge is 2.26. The topological polar surface area (TPSA) is 63.2 Å². The Hall–Kier alpha value is -2.08. The zero-order valence-electron chi connectivity index (χ0n) is 15.5. The van der Waals surface area contributed by atoms with Gasteiger partial charge in [-0.1, -0.05) is 13.8 Å². The number of carbonyl (C=O) groups excluding carboxylic acids is 1. The molecule has 2 aromatic rings. The third-order valence-corrected chi connectivity index (χ3v) is 4.94. The molecule has 25 heavy (non-hydrogen) atoms. The lowest BCUT2D eigenvalue weighted by Gasteiger charge is -2.17. The molecule has 0 aliphatic heterocycles. The van der Waals surface area contributed by atoms with Crippen LogP contribution in [0, 0.1) is 0 Å². The average Bonchev–Trinajstić information content (AvgIpc) is 3.16. The van der Waals surface area contributed by atoms with Crippen molar-refractivity contribution in [3.05, 3.63) is 29.2 Å². The summed E-state index contributed by atoms with van der Waals surface area (Å²) in [7, 11) is 0. The van der Waals surface area contributed by atoms with Gasteiger partial charge in [0.25, 0.3) is 0 Å². The van der Waals surface area contributed by atoms with Crippen LogP contribution < -0.4 is 0 Å². The molecule has 1 N–H and O–H groups in total. The molecule has 0 spiro atoms. The van der Waals surface area contributed by atoms with Gasteiger partial charge in [0.1, 0.15) is 0 Å². The van der Waals surface area contributed by atoms with Crippen molar-refractivity contribution in [1.82, 2.24) is 19.7 Å². The van der Waals surface area contributed by atoms with Crippen LogP contribution in [0.5, 0.6) is 0 Å². The molecule has 0 fully saturated rings. The quantitative estimate of drug-likeness (QED) is 0.785. The van der Waals surface area contributed by atoms with Gasteiger partial charge < -0.3 is 14.6 Å². The predicted molar refractivity (Wildman–Crippen MR) is 97.8 cm³/mol. The SMILES string of the molecule is CCOC(=O)c1c[nH]c2c1-c1nn(CCN(CC)CC)cc1CCC2. The van der Waals surface area contributed by atoms with Gasteiger partial charge in [0.15, 0.2) is 0 Å². The number of nitrogens with zero attached hydrogens (tertiary/aromatic N) is 3. The fourth-order valence-electron chi connectivity index (χ4n) is 3.51. The van der Waals surface area contributed by atoms with Crippen LogP contribution >= 0.6 is 0 Å². The Kier molecular flexibility index (Phi) is 5.58. The van der Waals surface area contributed by atoms with E-state index in [1.807, 2.05) is 11.6 Å². The second-order valence-corrected chi connectivity index (χ2v) is 6.42. The third kappa shape index (κ3) is 3.63. The highest BCUT2D eigenvalue weighted by atomic mass is 16.5. The first kappa shape index (κ1) is 17.7. The van der Waals surface area contributed by atoms with Gasteiger partial charge in [-0.3, -0.25) is 4.68 Å². The first-order chi connectivity index (χ1) is 12.2. The zero-order chi connectivity index (χ0) is 17.8. The molecule has 2 aromatic heterocycles. The minimum Gasteiger partial charge on any atom is -0.462 e. The van der Waals surface area contributed by atoms with Crippen molar-refractivity contribution in [1.29, 1.82) is 0 Å². The number of ether oxygens (including phenoxy) is 1. The summed E-state index contributed by atoms with van der Waals surface area (Å²) in [5, 5.41) is 4.83. The summed E-state index contributed by atoms with van der Waals surface area (Å²) in [5.41, 5.74) is 4.80. The first-order valence-corrected chi connectivity index (χ1v) is 9.34. The molecule has 0 amide bonds. The van der Waals surface area contributed by atoms with E-state index in [-0.39, 0.29) is 5.97 Å². The molecule has 3 rings (SSSR count). The molecule has 0 bridgehead atoms. The van der Waals surface area contributed by atoms with Crippen LogP contribution in [0.3, 0.4) is 0 Å². The standard InChI is InChI=1S/C19H28N4O2/c1-4-22(5-2)10-11-23-13-14-8-7-9-16-17(18(14)21-23)15(12-20-16)19(24)25-6-3/h12-13,20H,4-11H2,1-3H3. The molecule has 0 saturated carbocycles. The predicted octanol–water partition coefficient (Wildman–Crippen LogP) is 2.89.